The first-order chi connectivity index (χ1) is 14.6. The van der Waals surface area contributed by atoms with Crippen LogP contribution in [-0.4, -0.2) is 19.1 Å². The number of rotatable bonds is 4. The van der Waals surface area contributed by atoms with Crippen molar-refractivity contribution in [3.63, 3.8) is 0 Å². The second-order valence-electron chi connectivity index (χ2n) is 13.4. The van der Waals surface area contributed by atoms with Gasteiger partial charge in [0.25, 0.3) is 0 Å². The molecule has 0 aromatic heterocycles. The van der Waals surface area contributed by atoms with Crippen LogP contribution in [0.25, 0.3) is 0 Å². The number of hydrogen-bond donors (Lipinski definition) is 1. The summed E-state index contributed by atoms with van der Waals surface area (Å²) in [5, 5.41) is 9.04. The monoisotopic (exact) mass is 444 g/mol. The molecule has 176 valence electrons. The van der Waals surface area contributed by atoms with Gasteiger partial charge < -0.3 is 5.11 Å². The summed E-state index contributed by atoms with van der Waals surface area (Å²) in [6, 6.07) is 0. The Bertz CT molecular complexity index is 664. The van der Waals surface area contributed by atoms with Gasteiger partial charge in [-0.2, -0.15) is 0 Å². The first-order valence-electron chi connectivity index (χ1n) is 13.5. The number of hydrogen-bond acceptors (Lipinski definition) is 1. The molecule has 2 nitrogen and oxygen atoms in total. The van der Waals surface area contributed by atoms with Gasteiger partial charge in [0.05, 0.1) is 0 Å². The highest BCUT2D eigenvalue weighted by Gasteiger charge is 2.48. The van der Waals surface area contributed by atoms with E-state index in [9.17, 15) is 4.79 Å². The Morgan fingerprint density at radius 1 is 0.742 bits per heavy atom. The van der Waals surface area contributed by atoms with Crippen molar-refractivity contribution in [1.29, 1.82) is 0 Å². The number of aliphatic carboxylic acids is 1. The minimum Gasteiger partial charge on any atom is -0.478 e. The molecule has 0 spiro atoms. The summed E-state index contributed by atoms with van der Waals surface area (Å²) in [6.45, 7) is 12.9. The Labute approximate surface area is 192 Å². The van der Waals surface area contributed by atoms with E-state index in [0.29, 0.717) is 5.92 Å². The number of carboxylic acid groups (broad SMARTS) is 1. The zero-order valence-corrected chi connectivity index (χ0v) is 21.9. The van der Waals surface area contributed by atoms with Gasteiger partial charge in [0.1, 0.15) is 0 Å². The third-order valence-electron chi connectivity index (χ3n) is 10.6. The molecular formula is C28H48O2Si. The maximum atomic E-state index is 11.0. The molecule has 4 rings (SSSR count). The fourth-order valence-corrected chi connectivity index (χ4v) is 11.4. The molecule has 0 heterocycles. The van der Waals surface area contributed by atoms with Gasteiger partial charge in [-0.3, -0.25) is 0 Å². The molecule has 0 saturated heterocycles. The topological polar surface area (TPSA) is 37.3 Å². The van der Waals surface area contributed by atoms with Crippen LogP contribution in [0, 0.1) is 53.3 Å². The van der Waals surface area contributed by atoms with Gasteiger partial charge >= 0.3 is 5.97 Å². The molecule has 0 aromatic carbocycles. The van der Waals surface area contributed by atoms with Crippen molar-refractivity contribution in [3.8, 4) is 0 Å². The maximum Gasteiger partial charge on any atom is 0.327 e. The molecule has 0 aliphatic heterocycles. The lowest BCUT2D eigenvalue weighted by Crippen LogP contribution is -2.46. The van der Waals surface area contributed by atoms with Gasteiger partial charge in [-0.1, -0.05) is 39.6 Å². The fraction of sp³-hybridized carbons (Fsp3) is 0.893. The van der Waals surface area contributed by atoms with Crippen molar-refractivity contribution < 1.29 is 9.90 Å². The van der Waals surface area contributed by atoms with Gasteiger partial charge in [-0.25, -0.2) is 4.79 Å². The highest BCUT2D eigenvalue weighted by Crippen LogP contribution is 2.58. The van der Waals surface area contributed by atoms with Gasteiger partial charge in [-0.15, -0.1) is 0 Å². The highest BCUT2D eigenvalue weighted by atomic mass is 28.3. The lowest BCUT2D eigenvalue weighted by atomic mass is 9.57. The standard InChI is InChI=1S/C28H48O2Si/c1-18-12-21-9-10-23(15-24(21)13-19(18)2)26-16-22-8-6-20(7-11-28(29)30)14-25(22)17-27(26)31(3,4)5/h7,11,18-27H,6,8-10,12-17H2,1-5H3,(H,29,30)/b11-7+. The molecule has 4 aliphatic carbocycles. The van der Waals surface area contributed by atoms with Gasteiger partial charge in [0.2, 0.25) is 0 Å². The van der Waals surface area contributed by atoms with E-state index in [1.54, 1.807) is 0 Å². The predicted molar refractivity (Wildman–Crippen MR) is 133 cm³/mol. The zero-order chi connectivity index (χ0) is 22.3. The smallest absolute Gasteiger partial charge is 0.327 e. The first-order valence-corrected chi connectivity index (χ1v) is 17.1. The van der Waals surface area contributed by atoms with E-state index >= 15 is 0 Å². The quantitative estimate of drug-likeness (QED) is 0.354. The summed E-state index contributed by atoms with van der Waals surface area (Å²) in [5.41, 5.74) is 0.970. The second kappa shape index (κ2) is 9.35. The number of carbonyl (C=O) groups is 1. The average molecular weight is 445 g/mol. The minimum absolute atomic E-state index is 0.498. The van der Waals surface area contributed by atoms with E-state index in [1.165, 1.54) is 70.3 Å². The largest absolute Gasteiger partial charge is 0.478 e. The summed E-state index contributed by atoms with van der Waals surface area (Å²) in [7, 11) is -1.22. The molecule has 4 fully saturated rings. The molecule has 0 bridgehead atoms. The molecule has 0 aromatic rings. The van der Waals surface area contributed by atoms with Crippen molar-refractivity contribution in [1.82, 2.24) is 0 Å². The summed E-state index contributed by atoms with van der Waals surface area (Å²) in [4.78, 5) is 11.0. The molecule has 4 aliphatic rings. The molecule has 1 N–H and O–H groups in total. The Kier molecular flexibility index (Phi) is 7.11. The fourth-order valence-electron chi connectivity index (χ4n) is 8.66. The normalized spacial score (nSPS) is 46.4. The number of allylic oxidation sites excluding steroid dienone is 1. The van der Waals surface area contributed by atoms with E-state index in [2.05, 4.69) is 33.5 Å². The third-order valence-corrected chi connectivity index (χ3v) is 13.4. The van der Waals surface area contributed by atoms with Crippen molar-refractivity contribution in [3.05, 3.63) is 12.2 Å². The van der Waals surface area contributed by atoms with Gasteiger partial charge in [0, 0.05) is 14.1 Å². The molecular weight excluding hydrogens is 396 g/mol. The molecule has 10 atom stereocenters. The minimum atomic E-state index is -1.22. The van der Waals surface area contributed by atoms with Crippen LogP contribution >= 0.6 is 0 Å². The molecule has 0 radical (unpaired) electrons. The third kappa shape index (κ3) is 5.33. The number of fused-ring (bicyclic) bond motifs is 2. The molecule has 0 amide bonds. The lowest BCUT2D eigenvalue weighted by Gasteiger charge is -2.54. The summed E-state index contributed by atoms with van der Waals surface area (Å²) in [6.07, 6.45) is 17.7. The van der Waals surface area contributed by atoms with Crippen LogP contribution < -0.4 is 0 Å². The van der Waals surface area contributed by atoms with Gasteiger partial charge in [0.15, 0.2) is 0 Å². The van der Waals surface area contributed by atoms with Crippen molar-refractivity contribution in [2.45, 2.75) is 103 Å². The van der Waals surface area contributed by atoms with Crippen LogP contribution in [0.1, 0.15) is 78.1 Å². The van der Waals surface area contributed by atoms with Crippen LogP contribution in [0.2, 0.25) is 25.2 Å². The Morgan fingerprint density at radius 3 is 2.00 bits per heavy atom. The van der Waals surface area contributed by atoms with E-state index in [0.717, 1.165) is 52.9 Å². The average Bonchev–Trinajstić information content (AvgIpc) is 2.71. The van der Waals surface area contributed by atoms with Crippen molar-refractivity contribution in [2.75, 3.05) is 0 Å². The van der Waals surface area contributed by atoms with E-state index < -0.39 is 14.0 Å². The van der Waals surface area contributed by atoms with Crippen LogP contribution in [-0.2, 0) is 4.79 Å². The molecule has 3 heteroatoms. The first kappa shape index (κ1) is 23.6. The SMILES string of the molecule is CC1CC2CCC(C3CC4CCC(/C=C/C(=O)O)CC4CC3[Si](C)(C)C)CC2CC1C. The zero-order valence-electron chi connectivity index (χ0n) is 20.9. The molecule has 31 heavy (non-hydrogen) atoms. The molecule has 10 unspecified atom stereocenters. The van der Waals surface area contributed by atoms with Crippen LogP contribution in [0.4, 0.5) is 0 Å². The van der Waals surface area contributed by atoms with Gasteiger partial charge in [-0.05, 0) is 123 Å². The summed E-state index contributed by atoms with van der Waals surface area (Å²) in [5.74, 6) is 7.35. The predicted octanol–water partition coefficient (Wildman–Crippen LogP) is 7.88. The lowest BCUT2D eigenvalue weighted by molar-refractivity contribution is -0.131. The van der Waals surface area contributed by atoms with Crippen LogP contribution in [0.5, 0.6) is 0 Å². The van der Waals surface area contributed by atoms with E-state index in [4.69, 9.17) is 5.11 Å². The van der Waals surface area contributed by atoms with Crippen molar-refractivity contribution in [2.24, 2.45) is 53.3 Å². The highest BCUT2D eigenvalue weighted by molar-refractivity contribution is 6.77. The Balaban J connectivity index is 1.45. The second-order valence-corrected chi connectivity index (χ2v) is 18.9. The number of carboxylic acids is 1. The maximum absolute atomic E-state index is 11.0. The Morgan fingerprint density at radius 2 is 1.32 bits per heavy atom. The van der Waals surface area contributed by atoms with E-state index in [-0.39, 0.29) is 0 Å². The van der Waals surface area contributed by atoms with Crippen LogP contribution in [0.15, 0.2) is 12.2 Å². The molecule has 4 saturated carbocycles. The summed E-state index contributed by atoms with van der Waals surface area (Å²) >= 11 is 0. The summed E-state index contributed by atoms with van der Waals surface area (Å²) < 4.78 is 0. The van der Waals surface area contributed by atoms with Crippen molar-refractivity contribution >= 4 is 14.0 Å². The Hall–Kier alpha value is -0.573. The van der Waals surface area contributed by atoms with E-state index in [1.807, 2.05) is 6.08 Å². The van der Waals surface area contributed by atoms with Crippen LogP contribution in [0.3, 0.4) is 0 Å².